The number of benzene rings is 2. The van der Waals surface area contributed by atoms with Crippen LogP contribution in [0.15, 0.2) is 42.5 Å². The molecule has 0 saturated carbocycles. The lowest BCUT2D eigenvalue weighted by Crippen LogP contribution is -2.52. The van der Waals surface area contributed by atoms with Crippen LogP contribution in [0.3, 0.4) is 0 Å². The molecule has 1 aliphatic rings. The summed E-state index contributed by atoms with van der Waals surface area (Å²) in [5, 5.41) is 7.81. The molecule has 0 saturated heterocycles. The number of rotatable bonds is 1. The van der Waals surface area contributed by atoms with E-state index in [9.17, 15) is 0 Å². The second-order valence-corrected chi connectivity index (χ2v) is 9.37. The van der Waals surface area contributed by atoms with Gasteiger partial charge in [0.15, 0.2) is 0 Å². The van der Waals surface area contributed by atoms with Crippen molar-refractivity contribution in [1.29, 1.82) is 0 Å². The Morgan fingerprint density at radius 2 is 1.65 bits per heavy atom. The van der Waals surface area contributed by atoms with Crippen molar-refractivity contribution in [2.24, 2.45) is 5.40 Å². The molecule has 2 aromatic rings. The fourth-order valence-corrected chi connectivity index (χ4v) is 4.29. The molecule has 2 aromatic carbocycles. The van der Waals surface area contributed by atoms with Crippen LogP contribution in [-0.2, 0) is 6.42 Å². The van der Waals surface area contributed by atoms with Crippen LogP contribution in [0.1, 0.15) is 11.1 Å². The standard InChI is InChI=1S/C15H17NSi/c1-17(2,16)15-9-5-8-13-12-7-4-3-6-11(12)10-14(13)15/h3-9H,10,16H2,1-2H3. The Kier molecular flexibility index (Phi) is 2.25. The predicted octanol–water partition coefficient (Wildman–Crippen LogP) is 2.63. The summed E-state index contributed by atoms with van der Waals surface area (Å²) in [6, 6.07) is 15.3. The maximum atomic E-state index is 6.40. The van der Waals surface area contributed by atoms with Crippen molar-refractivity contribution in [2.75, 3.05) is 0 Å². The summed E-state index contributed by atoms with van der Waals surface area (Å²) in [6.07, 6.45) is 1.05. The number of hydrogen-bond acceptors (Lipinski definition) is 1. The Balaban J connectivity index is 2.24. The van der Waals surface area contributed by atoms with Crippen LogP contribution in [0.4, 0.5) is 0 Å². The van der Waals surface area contributed by atoms with Crippen LogP contribution < -0.4 is 10.6 Å². The first-order chi connectivity index (χ1) is 8.07. The molecule has 0 heterocycles. The highest BCUT2D eigenvalue weighted by atomic mass is 28.3. The summed E-state index contributed by atoms with van der Waals surface area (Å²) >= 11 is 0. The Bertz CT molecular complexity index is 582. The molecule has 0 spiro atoms. The van der Waals surface area contributed by atoms with E-state index < -0.39 is 8.24 Å². The summed E-state index contributed by atoms with van der Waals surface area (Å²) in [6.45, 7) is 4.43. The molecule has 0 atom stereocenters. The lowest BCUT2D eigenvalue weighted by atomic mass is 10.1. The Labute approximate surface area is 103 Å². The Morgan fingerprint density at radius 1 is 0.941 bits per heavy atom. The van der Waals surface area contributed by atoms with Gasteiger partial charge in [0.05, 0.1) is 0 Å². The predicted molar refractivity (Wildman–Crippen MR) is 76.0 cm³/mol. The van der Waals surface area contributed by atoms with E-state index in [4.69, 9.17) is 5.40 Å². The molecule has 0 bridgehead atoms. The maximum absolute atomic E-state index is 6.40. The lowest BCUT2D eigenvalue weighted by Gasteiger charge is -2.20. The average Bonchev–Trinajstić information content (AvgIpc) is 2.65. The smallest absolute Gasteiger partial charge is 0.149 e. The zero-order valence-electron chi connectivity index (χ0n) is 10.3. The van der Waals surface area contributed by atoms with Crippen LogP contribution in [0.2, 0.25) is 13.1 Å². The second kappa shape index (κ2) is 3.55. The van der Waals surface area contributed by atoms with Crippen molar-refractivity contribution in [1.82, 2.24) is 0 Å². The van der Waals surface area contributed by atoms with Crippen LogP contribution >= 0.6 is 0 Å². The topological polar surface area (TPSA) is 26.0 Å². The van der Waals surface area contributed by atoms with Crippen LogP contribution in [0, 0.1) is 0 Å². The van der Waals surface area contributed by atoms with Gasteiger partial charge in [-0.2, -0.15) is 0 Å². The molecule has 86 valence electrons. The molecular formula is C15H17NSi. The highest BCUT2D eigenvalue weighted by Crippen LogP contribution is 2.35. The second-order valence-electron chi connectivity index (χ2n) is 5.39. The molecular weight excluding hydrogens is 222 g/mol. The third kappa shape index (κ3) is 1.64. The number of hydrogen-bond donors (Lipinski definition) is 1. The summed E-state index contributed by atoms with van der Waals surface area (Å²) in [4.78, 5) is 0. The molecule has 3 rings (SSSR count). The van der Waals surface area contributed by atoms with E-state index >= 15 is 0 Å². The van der Waals surface area contributed by atoms with Crippen molar-refractivity contribution < 1.29 is 0 Å². The minimum absolute atomic E-state index is 1.05. The summed E-state index contributed by atoms with van der Waals surface area (Å²) in [5.41, 5.74) is 5.69. The highest BCUT2D eigenvalue weighted by molar-refractivity contribution is 6.87. The van der Waals surface area contributed by atoms with Gasteiger partial charge in [-0.3, -0.25) is 0 Å². The van der Waals surface area contributed by atoms with E-state index in [-0.39, 0.29) is 0 Å². The van der Waals surface area contributed by atoms with Crippen molar-refractivity contribution in [3.05, 3.63) is 53.6 Å². The molecule has 0 amide bonds. The van der Waals surface area contributed by atoms with Crippen molar-refractivity contribution in [3.63, 3.8) is 0 Å². The van der Waals surface area contributed by atoms with Gasteiger partial charge >= 0.3 is 0 Å². The monoisotopic (exact) mass is 239 g/mol. The molecule has 1 nitrogen and oxygen atoms in total. The van der Waals surface area contributed by atoms with E-state index in [1.807, 2.05) is 0 Å². The Hall–Kier alpha value is -1.38. The van der Waals surface area contributed by atoms with Crippen LogP contribution in [-0.4, -0.2) is 8.24 Å². The van der Waals surface area contributed by atoms with Crippen LogP contribution in [0.5, 0.6) is 0 Å². The van der Waals surface area contributed by atoms with Gasteiger partial charge in [-0.1, -0.05) is 55.6 Å². The first-order valence-electron chi connectivity index (χ1n) is 6.07. The average molecular weight is 239 g/mol. The number of nitrogens with two attached hydrogens (primary N) is 1. The van der Waals surface area contributed by atoms with Gasteiger partial charge in [0.25, 0.3) is 0 Å². The normalized spacial score (nSPS) is 13.4. The number of fused-ring (bicyclic) bond motifs is 3. The molecule has 17 heavy (non-hydrogen) atoms. The summed E-state index contributed by atoms with van der Waals surface area (Å²) in [7, 11) is -1.73. The molecule has 2 heteroatoms. The van der Waals surface area contributed by atoms with Crippen molar-refractivity contribution >= 4 is 13.4 Å². The maximum Gasteiger partial charge on any atom is 0.149 e. The van der Waals surface area contributed by atoms with E-state index in [0.29, 0.717) is 0 Å². The SMILES string of the molecule is C[Si](C)(N)c1cccc2c1Cc1ccccc1-2. The third-order valence-corrected chi connectivity index (χ3v) is 5.40. The largest absolute Gasteiger partial charge is 0.347 e. The molecule has 0 aromatic heterocycles. The van der Waals surface area contributed by atoms with Crippen molar-refractivity contribution in [3.8, 4) is 11.1 Å². The third-order valence-electron chi connectivity index (χ3n) is 3.54. The zero-order chi connectivity index (χ0) is 12.0. The van der Waals surface area contributed by atoms with Gasteiger partial charge in [0.1, 0.15) is 8.24 Å². The van der Waals surface area contributed by atoms with Gasteiger partial charge in [-0.15, -0.1) is 0 Å². The van der Waals surface area contributed by atoms with Gasteiger partial charge in [0.2, 0.25) is 0 Å². The van der Waals surface area contributed by atoms with Gasteiger partial charge in [0, 0.05) is 0 Å². The fraction of sp³-hybridized carbons (Fsp3) is 0.200. The van der Waals surface area contributed by atoms with E-state index in [1.54, 1.807) is 0 Å². The first kappa shape index (κ1) is 10.8. The summed E-state index contributed by atoms with van der Waals surface area (Å²) < 4.78 is 0. The molecule has 1 aliphatic carbocycles. The van der Waals surface area contributed by atoms with Gasteiger partial charge < -0.3 is 5.40 Å². The van der Waals surface area contributed by atoms with Gasteiger partial charge in [-0.05, 0) is 33.9 Å². The first-order valence-corrected chi connectivity index (χ1v) is 9.14. The lowest BCUT2D eigenvalue weighted by molar-refractivity contribution is 1.27. The Morgan fingerprint density at radius 3 is 2.41 bits per heavy atom. The molecule has 2 N–H and O–H groups in total. The quantitative estimate of drug-likeness (QED) is 0.649. The van der Waals surface area contributed by atoms with Crippen LogP contribution in [0.25, 0.3) is 11.1 Å². The molecule has 0 unspecified atom stereocenters. The van der Waals surface area contributed by atoms with E-state index in [0.717, 1.165) is 6.42 Å². The van der Waals surface area contributed by atoms with Gasteiger partial charge in [-0.25, -0.2) is 0 Å². The minimum Gasteiger partial charge on any atom is -0.347 e. The molecule has 0 fully saturated rings. The molecule has 0 radical (unpaired) electrons. The minimum atomic E-state index is -1.73. The molecule has 0 aliphatic heterocycles. The zero-order valence-corrected chi connectivity index (χ0v) is 11.3. The van der Waals surface area contributed by atoms with Crippen molar-refractivity contribution in [2.45, 2.75) is 19.5 Å². The summed E-state index contributed by atoms with van der Waals surface area (Å²) in [5.74, 6) is 0. The fourth-order valence-electron chi connectivity index (χ4n) is 2.76. The van der Waals surface area contributed by atoms with E-state index in [2.05, 4.69) is 55.6 Å². The van der Waals surface area contributed by atoms with E-state index in [1.165, 1.54) is 27.4 Å². The highest BCUT2D eigenvalue weighted by Gasteiger charge is 2.27.